The molecular weight excluding hydrogens is 548 g/mol. The summed E-state index contributed by atoms with van der Waals surface area (Å²) in [5, 5.41) is 27.0. The van der Waals surface area contributed by atoms with Crippen molar-refractivity contribution in [3.8, 4) is 0 Å². The number of aliphatic imine (C=N–C) groups is 1. The van der Waals surface area contributed by atoms with Gasteiger partial charge in [-0.25, -0.2) is 4.79 Å². The maximum Gasteiger partial charge on any atom is 0.326 e. The molecule has 0 bridgehead atoms. The number of rotatable bonds is 17. The zero-order valence-electron chi connectivity index (χ0n) is 23.6. The number of carboxylic acids is 2. The Hall–Kier alpha value is -4.66. The lowest BCUT2D eigenvalue weighted by Gasteiger charge is -2.25. The van der Waals surface area contributed by atoms with Crippen molar-refractivity contribution in [1.82, 2.24) is 20.9 Å². The number of carbonyl (C=O) groups is 5. The molecule has 0 fully saturated rings. The molecule has 0 aliphatic rings. The third-order valence-corrected chi connectivity index (χ3v) is 6.36. The van der Waals surface area contributed by atoms with Crippen LogP contribution in [-0.2, 0) is 30.4 Å². The molecule has 0 saturated carbocycles. The van der Waals surface area contributed by atoms with E-state index >= 15 is 0 Å². The van der Waals surface area contributed by atoms with Gasteiger partial charge in [-0.3, -0.25) is 24.2 Å². The van der Waals surface area contributed by atoms with E-state index in [0.717, 1.165) is 16.5 Å². The summed E-state index contributed by atoms with van der Waals surface area (Å²) in [5.41, 5.74) is 18.4. The number of carboxylic acid groups (broad SMARTS) is 2. The number of nitrogens with zero attached hydrogens (tertiary/aromatic N) is 1. The van der Waals surface area contributed by atoms with Crippen LogP contribution in [0.1, 0.15) is 45.1 Å². The fourth-order valence-electron chi connectivity index (χ4n) is 4.30. The van der Waals surface area contributed by atoms with E-state index in [-0.39, 0.29) is 44.1 Å². The van der Waals surface area contributed by atoms with Crippen molar-refractivity contribution in [2.24, 2.45) is 28.1 Å². The van der Waals surface area contributed by atoms with Crippen LogP contribution >= 0.6 is 0 Å². The summed E-state index contributed by atoms with van der Waals surface area (Å²) in [5.74, 6) is -5.42. The number of aliphatic carboxylic acids is 2. The van der Waals surface area contributed by atoms with E-state index in [9.17, 15) is 34.2 Å². The van der Waals surface area contributed by atoms with E-state index in [0.29, 0.717) is 0 Å². The lowest BCUT2D eigenvalue weighted by Crippen LogP contribution is -2.57. The number of guanidine groups is 1. The Morgan fingerprint density at radius 2 is 1.55 bits per heavy atom. The second-order valence-electron chi connectivity index (χ2n) is 10.4. The SMILES string of the molecule is CC(C)CC(NC(=O)C(N)Cc1c[nH]c2ccccc12)C(=O)NC(CC(=O)O)C(=O)NC(CCCN=C(N)N)C(=O)O. The average molecular weight is 589 g/mol. The third kappa shape index (κ3) is 10.7. The highest BCUT2D eigenvalue weighted by Gasteiger charge is 2.32. The van der Waals surface area contributed by atoms with E-state index < -0.39 is 60.2 Å². The van der Waals surface area contributed by atoms with E-state index in [4.69, 9.17) is 17.2 Å². The molecule has 0 aliphatic carbocycles. The van der Waals surface area contributed by atoms with Crippen molar-refractivity contribution in [2.75, 3.05) is 6.54 Å². The van der Waals surface area contributed by atoms with E-state index in [2.05, 4.69) is 25.9 Å². The van der Waals surface area contributed by atoms with Crippen molar-refractivity contribution in [3.05, 3.63) is 36.0 Å². The molecule has 1 aromatic carbocycles. The van der Waals surface area contributed by atoms with Crippen LogP contribution in [0.5, 0.6) is 0 Å². The highest BCUT2D eigenvalue weighted by Crippen LogP contribution is 2.19. The summed E-state index contributed by atoms with van der Waals surface area (Å²) in [6.07, 6.45) is 1.46. The van der Waals surface area contributed by atoms with Gasteiger partial charge in [0.05, 0.1) is 12.5 Å². The van der Waals surface area contributed by atoms with Gasteiger partial charge < -0.3 is 48.3 Å². The number of nitrogens with two attached hydrogens (primary N) is 3. The number of carbonyl (C=O) groups excluding carboxylic acids is 3. The van der Waals surface area contributed by atoms with Crippen molar-refractivity contribution in [3.63, 3.8) is 0 Å². The van der Waals surface area contributed by atoms with Crippen LogP contribution in [0.2, 0.25) is 0 Å². The predicted molar refractivity (Wildman–Crippen MR) is 155 cm³/mol. The van der Waals surface area contributed by atoms with E-state index in [1.54, 1.807) is 6.20 Å². The molecule has 0 radical (unpaired) electrons. The molecular formula is C27H40N8O7. The number of para-hydroxylation sites is 1. The number of amides is 3. The molecule has 15 heteroatoms. The summed E-state index contributed by atoms with van der Waals surface area (Å²) < 4.78 is 0. The van der Waals surface area contributed by atoms with Gasteiger partial charge in [-0.2, -0.15) is 0 Å². The van der Waals surface area contributed by atoms with Crippen LogP contribution < -0.4 is 33.2 Å². The quantitative estimate of drug-likeness (QED) is 0.0627. The fraction of sp³-hybridized carbons (Fsp3) is 0.481. The topological polar surface area (TPSA) is 268 Å². The van der Waals surface area contributed by atoms with Crippen molar-refractivity contribution in [2.45, 2.75) is 70.1 Å². The van der Waals surface area contributed by atoms with Gasteiger partial charge in [0.25, 0.3) is 0 Å². The molecule has 2 rings (SSSR count). The minimum atomic E-state index is -1.61. The van der Waals surface area contributed by atoms with Crippen LogP contribution in [-0.4, -0.2) is 81.5 Å². The van der Waals surface area contributed by atoms with Crippen LogP contribution in [0, 0.1) is 5.92 Å². The van der Waals surface area contributed by atoms with Crippen molar-refractivity contribution >= 4 is 46.5 Å². The number of hydrogen-bond donors (Lipinski definition) is 9. The Balaban J connectivity index is 2.11. The number of H-pyrrole nitrogens is 1. The molecule has 15 nitrogen and oxygen atoms in total. The lowest BCUT2D eigenvalue weighted by molar-refractivity contribution is -0.143. The summed E-state index contributed by atoms with van der Waals surface area (Å²) >= 11 is 0. The Kier molecular flexibility index (Phi) is 12.7. The third-order valence-electron chi connectivity index (χ3n) is 6.36. The van der Waals surface area contributed by atoms with Gasteiger partial charge in [0.1, 0.15) is 18.1 Å². The van der Waals surface area contributed by atoms with Gasteiger partial charge in [-0.05, 0) is 43.2 Å². The first-order chi connectivity index (χ1) is 19.8. The average Bonchev–Trinajstić information content (AvgIpc) is 3.31. The van der Waals surface area contributed by atoms with Gasteiger partial charge in [0.2, 0.25) is 17.7 Å². The second-order valence-corrected chi connectivity index (χ2v) is 10.4. The molecule has 4 unspecified atom stereocenters. The van der Waals surface area contributed by atoms with Crippen LogP contribution in [0.3, 0.4) is 0 Å². The Morgan fingerprint density at radius 3 is 2.17 bits per heavy atom. The smallest absolute Gasteiger partial charge is 0.326 e. The van der Waals surface area contributed by atoms with Crippen molar-refractivity contribution < 1.29 is 34.2 Å². The number of benzene rings is 1. The zero-order chi connectivity index (χ0) is 31.4. The summed E-state index contributed by atoms with van der Waals surface area (Å²) in [4.78, 5) is 69.1. The number of aromatic amines is 1. The van der Waals surface area contributed by atoms with E-state index in [1.165, 1.54) is 0 Å². The number of aromatic nitrogens is 1. The first-order valence-corrected chi connectivity index (χ1v) is 13.5. The second kappa shape index (κ2) is 16.0. The van der Waals surface area contributed by atoms with Crippen LogP contribution in [0.4, 0.5) is 0 Å². The number of nitrogens with one attached hydrogen (secondary N) is 4. The van der Waals surface area contributed by atoms with Gasteiger partial charge in [-0.1, -0.05) is 32.0 Å². The standard InChI is InChI=1S/C27H40N8O7/c1-14(2)10-20(34-23(38)17(28)11-15-13-32-18-7-4-3-6-16(15)18)24(39)35-21(12-22(36)37)25(40)33-19(26(41)42)8-5-9-31-27(29)30/h3-4,6-7,13-14,17,19-21,32H,5,8-12,28H2,1-2H3,(H,33,40)(H,34,38)(H,35,39)(H,36,37)(H,41,42)(H4,29,30,31). The molecule has 230 valence electrons. The number of fused-ring (bicyclic) bond motifs is 1. The molecule has 12 N–H and O–H groups in total. The van der Waals surface area contributed by atoms with Crippen LogP contribution in [0.25, 0.3) is 10.9 Å². The fourth-order valence-corrected chi connectivity index (χ4v) is 4.30. The molecule has 0 saturated heterocycles. The van der Waals surface area contributed by atoms with Gasteiger partial charge >= 0.3 is 11.9 Å². The highest BCUT2D eigenvalue weighted by atomic mass is 16.4. The molecule has 1 heterocycles. The van der Waals surface area contributed by atoms with E-state index in [1.807, 2.05) is 38.1 Å². The maximum absolute atomic E-state index is 13.2. The molecule has 42 heavy (non-hydrogen) atoms. The normalized spacial score (nSPS) is 13.9. The zero-order valence-corrected chi connectivity index (χ0v) is 23.6. The summed E-state index contributed by atoms with van der Waals surface area (Å²) in [6, 6.07) is 2.40. The molecule has 4 atom stereocenters. The monoisotopic (exact) mass is 588 g/mol. The molecule has 1 aromatic heterocycles. The van der Waals surface area contributed by atoms with Gasteiger partial charge in [-0.15, -0.1) is 0 Å². The minimum absolute atomic E-state index is 0.0497. The van der Waals surface area contributed by atoms with Crippen LogP contribution in [0.15, 0.2) is 35.5 Å². The molecule has 3 amide bonds. The predicted octanol–water partition coefficient (Wildman–Crippen LogP) is -0.849. The minimum Gasteiger partial charge on any atom is -0.481 e. The highest BCUT2D eigenvalue weighted by molar-refractivity contribution is 5.95. The molecule has 2 aromatic rings. The Bertz CT molecular complexity index is 1290. The maximum atomic E-state index is 13.2. The largest absolute Gasteiger partial charge is 0.481 e. The first-order valence-electron chi connectivity index (χ1n) is 13.5. The molecule has 0 aliphatic heterocycles. The molecule has 0 spiro atoms. The van der Waals surface area contributed by atoms with Gasteiger partial charge in [0, 0.05) is 23.6 Å². The summed E-state index contributed by atoms with van der Waals surface area (Å²) in [7, 11) is 0. The lowest BCUT2D eigenvalue weighted by atomic mass is 10.0. The number of hydrogen-bond acceptors (Lipinski definition) is 7. The van der Waals surface area contributed by atoms with Crippen molar-refractivity contribution in [1.29, 1.82) is 0 Å². The Labute approximate surface area is 242 Å². The summed E-state index contributed by atoms with van der Waals surface area (Å²) in [6.45, 7) is 3.76. The van der Waals surface area contributed by atoms with Gasteiger partial charge in [0.15, 0.2) is 5.96 Å². The Morgan fingerprint density at radius 1 is 0.929 bits per heavy atom. The first kappa shape index (κ1) is 33.5.